The molecule has 0 spiro atoms. The third kappa shape index (κ3) is 4.18. The smallest absolute Gasteiger partial charge is 0.310 e. The fourth-order valence-corrected chi connectivity index (χ4v) is 2.15. The Morgan fingerprint density at radius 1 is 1.23 bits per heavy atom. The van der Waals surface area contributed by atoms with Crippen LogP contribution in [0.5, 0.6) is 0 Å². The van der Waals surface area contributed by atoms with Crippen molar-refractivity contribution in [2.24, 2.45) is 0 Å². The Balaban J connectivity index is 2.10. The molecule has 0 radical (unpaired) electrons. The molecule has 0 bridgehead atoms. The zero-order valence-corrected chi connectivity index (χ0v) is 13.6. The van der Waals surface area contributed by atoms with Crippen molar-refractivity contribution in [3.05, 3.63) is 46.4 Å². The lowest BCUT2D eigenvalue weighted by Crippen LogP contribution is -2.07. The highest BCUT2D eigenvalue weighted by atomic mass is 35.5. The molecule has 0 amide bonds. The molecule has 0 saturated carbocycles. The number of esters is 1. The Bertz CT molecular complexity index is 672. The van der Waals surface area contributed by atoms with Crippen molar-refractivity contribution in [3.8, 4) is 0 Å². The van der Waals surface area contributed by atoms with Crippen LogP contribution < -0.4 is 5.32 Å². The summed E-state index contributed by atoms with van der Waals surface area (Å²) in [6.07, 6.45) is 0.269. The minimum absolute atomic E-state index is 0.213. The van der Waals surface area contributed by atoms with Gasteiger partial charge in [-0.3, -0.25) is 4.79 Å². The summed E-state index contributed by atoms with van der Waals surface area (Å²) in [4.78, 5) is 19.7. The number of benzene rings is 1. The first-order valence-corrected chi connectivity index (χ1v) is 7.39. The average Bonchev–Trinajstić information content (AvgIpc) is 2.46. The van der Waals surface area contributed by atoms with Crippen molar-refractivity contribution >= 4 is 29.1 Å². The van der Waals surface area contributed by atoms with Crippen LogP contribution in [0.4, 0.5) is 11.5 Å². The molecule has 0 saturated heterocycles. The topological polar surface area (TPSA) is 64.1 Å². The normalized spacial score (nSPS) is 10.4. The van der Waals surface area contributed by atoms with E-state index >= 15 is 0 Å². The number of carbonyl (C=O) groups is 1. The summed E-state index contributed by atoms with van der Waals surface area (Å²) in [6, 6.07) is 7.53. The van der Waals surface area contributed by atoms with E-state index in [9.17, 15) is 4.79 Å². The zero-order chi connectivity index (χ0) is 16.1. The van der Waals surface area contributed by atoms with E-state index in [1.54, 1.807) is 6.92 Å². The first-order chi connectivity index (χ1) is 10.5. The van der Waals surface area contributed by atoms with Gasteiger partial charge in [0, 0.05) is 16.9 Å². The second-order valence-electron chi connectivity index (χ2n) is 4.86. The second kappa shape index (κ2) is 7.22. The number of carbonyl (C=O) groups excluding carboxylic acids is 1. The van der Waals surface area contributed by atoms with Crippen LogP contribution in [0.1, 0.15) is 23.7 Å². The monoisotopic (exact) mass is 319 g/mol. The number of nitrogens with one attached hydrogen (secondary N) is 1. The van der Waals surface area contributed by atoms with Gasteiger partial charge in [-0.15, -0.1) is 0 Å². The number of aromatic nitrogens is 2. The molecule has 1 heterocycles. The highest BCUT2D eigenvalue weighted by Gasteiger charge is 2.08. The van der Waals surface area contributed by atoms with Gasteiger partial charge in [-0.25, -0.2) is 9.97 Å². The van der Waals surface area contributed by atoms with E-state index in [4.69, 9.17) is 16.3 Å². The molecule has 1 aromatic heterocycles. The van der Waals surface area contributed by atoms with Crippen LogP contribution in [0.25, 0.3) is 0 Å². The minimum Gasteiger partial charge on any atom is -0.466 e. The van der Waals surface area contributed by atoms with E-state index in [0.717, 1.165) is 22.5 Å². The maximum atomic E-state index is 11.4. The van der Waals surface area contributed by atoms with E-state index in [2.05, 4.69) is 15.3 Å². The van der Waals surface area contributed by atoms with Crippen molar-refractivity contribution in [1.29, 1.82) is 0 Å². The third-order valence-electron chi connectivity index (χ3n) is 3.23. The molecular weight excluding hydrogens is 302 g/mol. The Morgan fingerprint density at radius 2 is 1.91 bits per heavy atom. The quantitative estimate of drug-likeness (QED) is 0.674. The van der Waals surface area contributed by atoms with Gasteiger partial charge in [0.2, 0.25) is 5.28 Å². The number of nitrogens with zero attached hydrogens (tertiary/aromatic N) is 2. The van der Waals surface area contributed by atoms with Crippen LogP contribution >= 0.6 is 11.6 Å². The van der Waals surface area contributed by atoms with Crippen LogP contribution in [0, 0.1) is 13.8 Å². The molecule has 5 nitrogen and oxygen atoms in total. The lowest BCUT2D eigenvalue weighted by Gasteiger charge is -2.11. The lowest BCUT2D eigenvalue weighted by atomic mass is 10.1. The van der Waals surface area contributed by atoms with Gasteiger partial charge >= 0.3 is 5.97 Å². The van der Waals surface area contributed by atoms with Crippen LogP contribution in [-0.4, -0.2) is 22.5 Å². The molecule has 116 valence electrons. The summed E-state index contributed by atoms with van der Waals surface area (Å²) in [5, 5.41) is 3.42. The van der Waals surface area contributed by atoms with Gasteiger partial charge in [0.1, 0.15) is 5.82 Å². The van der Waals surface area contributed by atoms with Crippen molar-refractivity contribution in [1.82, 2.24) is 9.97 Å². The molecule has 0 aliphatic carbocycles. The number of halogens is 1. The fourth-order valence-electron chi connectivity index (χ4n) is 1.94. The Labute approximate surface area is 134 Å². The summed E-state index contributed by atoms with van der Waals surface area (Å²) in [5.74, 6) is 0.452. The highest BCUT2D eigenvalue weighted by molar-refractivity contribution is 6.28. The molecule has 1 N–H and O–H groups in total. The predicted octanol–water partition coefficient (Wildman–Crippen LogP) is 3.60. The van der Waals surface area contributed by atoms with Gasteiger partial charge < -0.3 is 10.1 Å². The van der Waals surface area contributed by atoms with Gasteiger partial charge in [-0.2, -0.15) is 0 Å². The SMILES string of the molecule is CCOC(=O)Cc1ccc(Nc2nc(Cl)nc(C)c2C)cc1. The standard InChI is InChI=1S/C16H18ClN3O2/c1-4-22-14(21)9-12-5-7-13(8-6-12)19-15-10(2)11(3)18-16(17)20-15/h5-8H,4,9H2,1-3H3,(H,18,19,20). The van der Waals surface area contributed by atoms with Crippen LogP contribution in [0.2, 0.25) is 5.28 Å². The number of ether oxygens (including phenoxy) is 1. The molecule has 6 heteroatoms. The van der Waals surface area contributed by atoms with Gasteiger partial charge in [0.25, 0.3) is 0 Å². The molecule has 1 aromatic carbocycles. The van der Waals surface area contributed by atoms with E-state index in [1.807, 2.05) is 38.1 Å². The van der Waals surface area contributed by atoms with Crippen LogP contribution in [0.3, 0.4) is 0 Å². The van der Waals surface area contributed by atoms with Crippen molar-refractivity contribution in [2.75, 3.05) is 11.9 Å². The molecule has 2 aromatic rings. The highest BCUT2D eigenvalue weighted by Crippen LogP contribution is 2.22. The van der Waals surface area contributed by atoms with Gasteiger partial charge in [0.05, 0.1) is 13.0 Å². The number of rotatable bonds is 5. The van der Waals surface area contributed by atoms with Gasteiger partial charge in [0.15, 0.2) is 0 Å². The summed E-state index contributed by atoms with van der Waals surface area (Å²) in [5.41, 5.74) is 3.55. The lowest BCUT2D eigenvalue weighted by molar-refractivity contribution is -0.142. The molecule has 0 unspecified atom stereocenters. The number of aryl methyl sites for hydroxylation is 1. The summed E-state index contributed by atoms with van der Waals surface area (Å²) < 4.78 is 4.93. The maximum Gasteiger partial charge on any atom is 0.310 e. The van der Waals surface area contributed by atoms with E-state index in [1.165, 1.54) is 0 Å². The number of anilines is 2. The molecule has 0 aliphatic heterocycles. The average molecular weight is 320 g/mol. The Kier molecular flexibility index (Phi) is 5.33. The van der Waals surface area contributed by atoms with Gasteiger partial charge in [-0.05, 0) is 50.1 Å². The second-order valence-corrected chi connectivity index (χ2v) is 5.19. The molecule has 0 aliphatic rings. The zero-order valence-electron chi connectivity index (χ0n) is 12.8. The number of hydrogen-bond donors (Lipinski definition) is 1. The first-order valence-electron chi connectivity index (χ1n) is 7.02. The van der Waals surface area contributed by atoms with E-state index in [0.29, 0.717) is 12.4 Å². The largest absolute Gasteiger partial charge is 0.466 e. The molecule has 2 rings (SSSR count). The Morgan fingerprint density at radius 3 is 2.55 bits per heavy atom. The van der Waals surface area contributed by atoms with E-state index in [-0.39, 0.29) is 17.7 Å². The summed E-state index contributed by atoms with van der Waals surface area (Å²) in [7, 11) is 0. The molecule has 0 atom stereocenters. The molecule has 22 heavy (non-hydrogen) atoms. The van der Waals surface area contributed by atoms with Crippen molar-refractivity contribution in [3.63, 3.8) is 0 Å². The number of hydrogen-bond acceptors (Lipinski definition) is 5. The summed E-state index contributed by atoms with van der Waals surface area (Å²) in [6.45, 7) is 6.01. The fraction of sp³-hybridized carbons (Fsp3) is 0.312. The third-order valence-corrected chi connectivity index (χ3v) is 3.40. The maximum absolute atomic E-state index is 11.4. The van der Waals surface area contributed by atoms with Crippen LogP contribution in [-0.2, 0) is 16.0 Å². The molecule has 0 fully saturated rings. The summed E-state index contributed by atoms with van der Waals surface area (Å²) >= 11 is 5.89. The Hall–Kier alpha value is -2.14. The van der Waals surface area contributed by atoms with Crippen molar-refractivity contribution < 1.29 is 9.53 Å². The first kappa shape index (κ1) is 16.2. The predicted molar refractivity (Wildman–Crippen MR) is 86.6 cm³/mol. The van der Waals surface area contributed by atoms with E-state index < -0.39 is 0 Å². The van der Waals surface area contributed by atoms with Crippen molar-refractivity contribution in [2.45, 2.75) is 27.2 Å². The minimum atomic E-state index is -0.225. The van der Waals surface area contributed by atoms with Crippen LogP contribution in [0.15, 0.2) is 24.3 Å². The van der Waals surface area contributed by atoms with Gasteiger partial charge in [-0.1, -0.05) is 12.1 Å². The molecular formula is C16H18ClN3O2.